The van der Waals surface area contributed by atoms with E-state index in [2.05, 4.69) is 10.5 Å². The molecular weight excluding hydrogens is 376 g/mol. The monoisotopic (exact) mass is 394 g/mol. The normalized spacial score (nSPS) is 11.4. The van der Waals surface area contributed by atoms with Gasteiger partial charge in [-0.15, -0.1) is 0 Å². The average molecular weight is 395 g/mol. The van der Waals surface area contributed by atoms with Crippen molar-refractivity contribution in [3.8, 4) is 5.75 Å². The number of carbonyl (C=O) groups excluding carboxylic acids is 1. The molecule has 3 aromatic carbocycles. The fourth-order valence-corrected chi connectivity index (χ4v) is 3.02. The number of nitrogens with one attached hydrogen (secondary N) is 1. The van der Waals surface area contributed by atoms with E-state index in [0.717, 1.165) is 0 Å². The summed E-state index contributed by atoms with van der Waals surface area (Å²) in [6.07, 6.45) is 1.42. The first-order valence-electron chi connectivity index (χ1n) is 8.56. The highest BCUT2D eigenvalue weighted by atomic mass is 35.5. The third kappa shape index (κ3) is 4.06. The third-order valence-electron chi connectivity index (χ3n) is 4.27. The number of hydrogen-bond acceptors (Lipinski definition) is 4. The number of aliphatic hydroxyl groups is 1. The molecule has 0 spiro atoms. The van der Waals surface area contributed by atoms with Crippen molar-refractivity contribution in [1.29, 1.82) is 0 Å². The summed E-state index contributed by atoms with van der Waals surface area (Å²) in [6.45, 7) is 0. The molecule has 0 atom stereocenters. The van der Waals surface area contributed by atoms with Crippen LogP contribution < -0.4 is 10.2 Å². The Morgan fingerprint density at radius 1 is 1.04 bits per heavy atom. The average Bonchev–Trinajstić information content (AvgIpc) is 2.74. The standard InChI is InChI=1S/C22H19ClN2O3/c1-28-20-13-12-19(23)14-16(20)15-24-25-21(26)22(27,17-8-4-2-5-9-17)18-10-6-3-7-11-18/h2-15,27H,1H3,(H,25,26)/b24-15-. The molecule has 142 valence electrons. The summed E-state index contributed by atoms with van der Waals surface area (Å²) in [7, 11) is 1.53. The van der Waals surface area contributed by atoms with E-state index in [4.69, 9.17) is 16.3 Å². The lowest BCUT2D eigenvalue weighted by molar-refractivity contribution is -0.136. The lowest BCUT2D eigenvalue weighted by Crippen LogP contribution is -2.43. The Morgan fingerprint density at radius 3 is 2.14 bits per heavy atom. The first kappa shape index (κ1) is 19.6. The lowest BCUT2D eigenvalue weighted by Gasteiger charge is -2.27. The van der Waals surface area contributed by atoms with Crippen molar-refractivity contribution < 1.29 is 14.6 Å². The van der Waals surface area contributed by atoms with Gasteiger partial charge in [0.2, 0.25) is 0 Å². The van der Waals surface area contributed by atoms with Crippen LogP contribution in [0.3, 0.4) is 0 Å². The topological polar surface area (TPSA) is 70.9 Å². The van der Waals surface area contributed by atoms with E-state index in [1.165, 1.54) is 13.3 Å². The number of halogens is 1. The second-order valence-electron chi connectivity index (χ2n) is 6.03. The molecule has 0 unspecified atom stereocenters. The lowest BCUT2D eigenvalue weighted by atomic mass is 9.85. The maximum absolute atomic E-state index is 12.9. The molecule has 0 saturated carbocycles. The Morgan fingerprint density at radius 2 is 1.61 bits per heavy atom. The maximum Gasteiger partial charge on any atom is 0.281 e. The minimum atomic E-state index is -1.89. The van der Waals surface area contributed by atoms with Gasteiger partial charge in [-0.2, -0.15) is 5.10 Å². The first-order valence-corrected chi connectivity index (χ1v) is 8.94. The predicted octanol–water partition coefficient (Wildman–Crippen LogP) is 3.73. The van der Waals surface area contributed by atoms with E-state index in [1.807, 2.05) is 12.1 Å². The van der Waals surface area contributed by atoms with Gasteiger partial charge in [0, 0.05) is 10.6 Å². The second kappa shape index (κ2) is 8.69. The Hall–Kier alpha value is -3.15. The number of nitrogens with zero attached hydrogens (tertiary/aromatic N) is 1. The number of hydrazone groups is 1. The van der Waals surface area contributed by atoms with Crippen molar-refractivity contribution in [2.75, 3.05) is 7.11 Å². The number of amides is 1. The summed E-state index contributed by atoms with van der Waals surface area (Å²) < 4.78 is 5.25. The SMILES string of the molecule is COc1ccc(Cl)cc1/C=N\NC(=O)C(O)(c1ccccc1)c1ccccc1. The van der Waals surface area contributed by atoms with Crippen LogP contribution in [0.4, 0.5) is 0 Å². The molecule has 3 aromatic rings. The maximum atomic E-state index is 12.9. The van der Waals surface area contributed by atoms with Crippen molar-refractivity contribution in [3.05, 3.63) is 101 Å². The fraction of sp³-hybridized carbons (Fsp3) is 0.0909. The summed E-state index contributed by atoms with van der Waals surface area (Å²) in [5.74, 6) is -0.120. The van der Waals surface area contributed by atoms with Gasteiger partial charge in [-0.1, -0.05) is 72.3 Å². The van der Waals surface area contributed by atoms with Gasteiger partial charge in [0.15, 0.2) is 5.60 Å². The highest BCUT2D eigenvalue weighted by molar-refractivity contribution is 6.30. The van der Waals surface area contributed by atoms with Gasteiger partial charge in [0.1, 0.15) is 5.75 Å². The Labute approximate surface area is 168 Å². The summed E-state index contributed by atoms with van der Waals surface area (Å²) in [5.41, 5.74) is 2.00. The summed E-state index contributed by atoms with van der Waals surface area (Å²) in [4.78, 5) is 12.9. The van der Waals surface area contributed by atoms with E-state index < -0.39 is 11.5 Å². The highest BCUT2D eigenvalue weighted by Gasteiger charge is 2.39. The predicted molar refractivity (Wildman–Crippen MR) is 110 cm³/mol. The van der Waals surface area contributed by atoms with Crippen molar-refractivity contribution in [2.45, 2.75) is 5.60 Å². The van der Waals surface area contributed by atoms with Crippen LogP contribution in [0.2, 0.25) is 5.02 Å². The van der Waals surface area contributed by atoms with Gasteiger partial charge in [0.25, 0.3) is 5.91 Å². The van der Waals surface area contributed by atoms with E-state index in [0.29, 0.717) is 27.5 Å². The highest BCUT2D eigenvalue weighted by Crippen LogP contribution is 2.30. The molecule has 0 aliphatic rings. The molecular formula is C22H19ClN2O3. The zero-order valence-electron chi connectivity index (χ0n) is 15.2. The van der Waals surface area contributed by atoms with Gasteiger partial charge in [-0.05, 0) is 29.3 Å². The van der Waals surface area contributed by atoms with Crippen LogP contribution in [-0.4, -0.2) is 24.3 Å². The van der Waals surface area contributed by atoms with Crippen molar-refractivity contribution >= 4 is 23.7 Å². The van der Waals surface area contributed by atoms with E-state index in [-0.39, 0.29) is 0 Å². The molecule has 6 heteroatoms. The van der Waals surface area contributed by atoms with Crippen LogP contribution >= 0.6 is 11.6 Å². The van der Waals surface area contributed by atoms with Gasteiger partial charge in [-0.3, -0.25) is 4.79 Å². The molecule has 2 N–H and O–H groups in total. The summed E-state index contributed by atoms with van der Waals surface area (Å²) in [5, 5.41) is 15.8. The number of carbonyl (C=O) groups is 1. The summed E-state index contributed by atoms with van der Waals surface area (Å²) in [6, 6.07) is 22.5. The smallest absolute Gasteiger partial charge is 0.281 e. The molecule has 0 heterocycles. The molecule has 0 aromatic heterocycles. The Bertz CT molecular complexity index is 936. The molecule has 0 aliphatic heterocycles. The quantitative estimate of drug-likeness (QED) is 0.494. The van der Waals surface area contributed by atoms with Crippen LogP contribution in [0, 0.1) is 0 Å². The van der Waals surface area contributed by atoms with Gasteiger partial charge in [0.05, 0.1) is 13.3 Å². The van der Waals surface area contributed by atoms with E-state index in [9.17, 15) is 9.90 Å². The molecule has 0 bridgehead atoms. The molecule has 0 fully saturated rings. The molecule has 3 rings (SSSR count). The van der Waals surface area contributed by atoms with Gasteiger partial charge in [-0.25, -0.2) is 5.43 Å². The van der Waals surface area contributed by atoms with Crippen molar-refractivity contribution in [3.63, 3.8) is 0 Å². The number of hydrogen-bond donors (Lipinski definition) is 2. The van der Waals surface area contributed by atoms with Crippen LogP contribution in [0.5, 0.6) is 5.75 Å². The zero-order chi connectivity index (χ0) is 20.0. The van der Waals surface area contributed by atoms with Crippen LogP contribution in [0.25, 0.3) is 0 Å². The van der Waals surface area contributed by atoms with Crippen LogP contribution in [-0.2, 0) is 10.4 Å². The number of ether oxygens (including phenoxy) is 1. The number of methoxy groups -OCH3 is 1. The van der Waals surface area contributed by atoms with Crippen LogP contribution in [0.15, 0.2) is 84.0 Å². The minimum Gasteiger partial charge on any atom is -0.496 e. The second-order valence-corrected chi connectivity index (χ2v) is 6.46. The molecule has 1 amide bonds. The van der Waals surface area contributed by atoms with E-state index in [1.54, 1.807) is 66.7 Å². The molecule has 28 heavy (non-hydrogen) atoms. The molecule has 0 aliphatic carbocycles. The van der Waals surface area contributed by atoms with Gasteiger partial charge < -0.3 is 9.84 Å². The molecule has 0 radical (unpaired) electrons. The molecule has 0 saturated heterocycles. The zero-order valence-corrected chi connectivity index (χ0v) is 15.9. The Balaban J connectivity index is 1.90. The largest absolute Gasteiger partial charge is 0.496 e. The van der Waals surface area contributed by atoms with E-state index >= 15 is 0 Å². The van der Waals surface area contributed by atoms with Gasteiger partial charge >= 0.3 is 0 Å². The first-order chi connectivity index (χ1) is 13.6. The fourth-order valence-electron chi connectivity index (χ4n) is 2.84. The summed E-state index contributed by atoms with van der Waals surface area (Å²) >= 11 is 6.00. The van der Waals surface area contributed by atoms with Crippen LogP contribution in [0.1, 0.15) is 16.7 Å². The third-order valence-corrected chi connectivity index (χ3v) is 4.51. The Kier molecular flexibility index (Phi) is 6.09. The minimum absolute atomic E-state index is 0.439. The number of rotatable bonds is 6. The molecule has 5 nitrogen and oxygen atoms in total. The van der Waals surface area contributed by atoms with Crippen molar-refractivity contribution in [2.24, 2.45) is 5.10 Å². The van der Waals surface area contributed by atoms with Crippen molar-refractivity contribution in [1.82, 2.24) is 5.43 Å². The number of benzene rings is 3.